The summed E-state index contributed by atoms with van der Waals surface area (Å²) in [4.78, 5) is 14.3. The monoisotopic (exact) mass is 322 g/mol. The van der Waals surface area contributed by atoms with Gasteiger partial charge in [-0.05, 0) is 56.8 Å². The average molecular weight is 322 g/mol. The van der Waals surface area contributed by atoms with Gasteiger partial charge < -0.3 is 5.32 Å². The third-order valence-corrected chi connectivity index (χ3v) is 5.06. The van der Waals surface area contributed by atoms with Gasteiger partial charge in [-0.25, -0.2) is 8.78 Å². The Morgan fingerprint density at radius 1 is 1.26 bits per heavy atom. The van der Waals surface area contributed by atoms with Gasteiger partial charge >= 0.3 is 0 Å². The lowest BCUT2D eigenvalue weighted by Crippen LogP contribution is -2.51. The Balaban J connectivity index is 1.53. The number of likely N-dealkylation sites (tertiary alicyclic amines) is 1. The standard InChI is InChI=1S/C18H24F2N2O/c1-18(10-14-4-2-3-5-15(14)11-18)21-17(23)13-6-8-22(9-7-13)12-16(19)20/h2-5,13,16H,6-12H2,1H3,(H,21,23). The highest BCUT2D eigenvalue weighted by molar-refractivity contribution is 5.79. The van der Waals surface area contributed by atoms with E-state index in [9.17, 15) is 13.6 Å². The fraction of sp³-hybridized carbons (Fsp3) is 0.611. The molecule has 0 aromatic heterocycles. The Bertz CT molecular complexity index is 543. The first-order valence-electron chi connectivity index (χ1n) is 8.34. The molecule has 0 radical (unpaired) electrons. The van der Waals surface area contributed by atoms with Crippen LogP contribution in [0.3, 0.4) is 0 Å². The van der Waals surface area contributed by atoms with Crippen LogP contribution in [0.5, 0.6) is 0 Å². The first kappa shape index (κ1) is 16.4. The summed E-state index contributed by atoms with van der Waals surface area (Å²) in [6.45, 7) is 3.08. The van der Waals surface area contributed by atoms with E-state index >= 15 is 0 Å². The number of hydrogen-bond acceptors (Lipinski definition) is 2. The van der Waals surface area contributed by atoms with Crippen molar-refractivity contribution >= 4 is 5.91 Å². The van der Waals surface area contributed by atoms with E-state index in [4.69, 9.17) is 0 Å². The lowest BCUT2D eigenvalue weighted by molar-refractivity contribution is -0.128. The number of carbonyl (C=O) groups is 1. The molecule has 1 aromatic carbocycles. The van der Waals surface area contributed by atoms with Gasteiger partial charge in [-0.1, -0.05) is 24.3 Å². The topological polar surface area (TPSA) is 32.3 Å². The highest BCUT2D eigenvalue weighted by Crippen LogP contribution is 2.30. The Morgan fingerprint density at radius 2 is 1.83 bits per heavy atom. The van der Waals surface area contributed by atoms with Crippen molar-refractivity contribution in [2.45, 2.75) is 44.6 Å². The van der Waals surface area contributed by atoms with Crippen LogP contribution < -0.4 is 5.32 Å². The first-order chi connectivity index (χ1) is 11.0. The second-order valence-electron chi connectivity index (χ2n) is 7.14. The molecule has 2 aliphatic rings. The minimum atomic E-state index is -2.30. The van der Waals surface area contributed by atoms with Crippen molar-refractivity contribution < 1.29 is 13.6 Å². The number of carbonyl (C=O) groups excluding carboxylic acids is 1. The highest BCUT2D eigenvalue weighted by Gasteiger charge is 2.36. The van der Waals surface area contributed by atoms with Gasteiger partial charge in [0.1, 0.15) is 0 Å². The number of hydrogen-bond donors (Lipinski definition) is 1. The highest BCUT2D eigenvalue weighted by atomic mass is 19.3. The molecule has 1 aliphatic carbocycles. The van der Waals surface area contributed by atoms with Crippen molar-refractivity contribution in [1.82, 2.24) is 10.2 Å². The van der Waals surface area contributed by atoms with Gasteiger partial charge in [0.05, 0.1) is 6.54 Å². The van der Waals surface area contributed by atoms with Crippen LogP contribution in [0.25, 0.3) is 0 Å². The van der Waals surface area contributed by atoms with Gasteiger partial charge in [-0.2, -0.15) is 0 Å². The van der Waals surface area contributed by atoms with E-state index in [1.54, 1.807) is 4.90 Å². The SMILES string of the molecule is CC1(NC(=O)C2CCN(CC(F)F)CC2)Cc2ccccc2C1. The zero-order valence-electron chi connectivity index (χ0n) is 13.5. The number of alkyl halides is 2. The van der Waals surface area contributed by atoms with Crippen molar-refractivity contribution in [3.05, 3.63) is 35.4 Å². The molecule has 3 rings (SSSR count). The number of nitrogens with zero attached hydrogens (tertiary/aromatic N) is 1. The van der Waals surface area contributed by atoms with Crippen LogP contribution >= 0.6 is 0 Å². The largest absolute Gasteiger partial charge is 0.350 e. The summed E-state index contributed by atoms with van der Waals surface area (Å²) < 4.78 is 24.8. The number of piperidine rings is 1. The summed E-state index contributed by atoms with van der Waals surface area (Å²) in [7, 11) is 0. The Labute approximate surface area is 136 Å². The van der Waals surface area contributed by atoms with Gasteiger partial charge in [0.2, 0.25) is 5.91 Å². The molecule has 0 unspecified atom stereocenters. The van der Waals surface area contributed by atoms with E-state index in [1.165, 1.54) is 11.1 Å². The molecule has 23 heavy (non-hydrogen) atoms. The van der Waals surface area contributed by atoms with Crippen LogP contribution in [0.4, 0.5) is 8.78 Å². The normalized spacial score (nSPS) is 21.4. The predicted molar refractivity (Wildman–Crippen MR) is 85.6 cm³/mol. The van der Waals surface area contributed by atoms with Crippen molar-refractivity contribution in [3.63, 3.8) is 0 Å². The summed E-state index contributed by atoms with van der Waals surface area (Å²) in [5.74, 6) is 0.0291. The van der Waals surface area contributed by atoms with Crippen molar-refractivity contribution in [3.8, 4) is 0 Å². The molecule has 5 heteroatoms. The Kier molecular flexibility index (Phi) is 4.67. The maximum atomic E-state index is 12.6. The number of rotatable bonds is 4. The molecule has 0 bridgehead atoms. The molecule has 0 saturated carbocycles. The summed E-state index contributed by atoms with van der Waals surface area (Å²) in [5.41, 5.74) is 2.39. The molecular formula is C18H24F2N2O. The van der Waals surface area contributed by atoms with E-state index in [2.05, 4.69) is 24.4 Å². The minimum absolute atomic E-state index is 0.0514. The second kappa shape index (κ2) is 6.56. The first-order valence-corrected chi connectivity index (χ1v) is 8.34. The molecule has 1 saturated heterocycles. The van der Waals surface area contributed by atoms with Crippen LogP contribution in [-0.2, 0) is 17.6 Å². The van der Waals surface area contributed by atoms with Gasteiger partial charge in [-0.15, -0.1) is 0 Å². The van der Waals surface area contributed by atoms with E-state index in [-0.39, 0.29) is 23.9 Å². The van der Waals surface area contributed by atoms with Gasteiger partial charge in [0.25, 0.3) is 6.43 Å². The summed E-state index contributed by atoms with van der Waals surface area (Å²) in [6.07, 6.45) is 0.762. The van der Waals surface area contributed by atoms with Gasteiger partial charge in [-0.3, -0.25) is 9.69 Å². The molecule has 126 valence electrons. The number of benzene rings is 1. The Morgan fingerprint density at radius 3 is 2.35 bits per heavy atom. The molecule has 3 nitrogen and oxygen atoms in total. The van der Waals surface area contributed by atoms with E-state index in [1.807, 2.05) is 12.1 Å². The Hall–Kier alpha value is -1.49. The van der Waals surface area contributed by atoms with Crippen LogP contribution in [-0.4, -0.2) is 42.4 Å². The fourth-order valence-electron chi connectivity index (χ4n) is 3.87. The maximum Gasteiger partial charge on any atom is 0.251 e. The predicted octanol–water partition coefficient (Wildman–Crippen LogP) is 2.64. The molecule has 1 N–H and O–H groups in total. The van der Waals surface area contributed by atoms with E-state index < -0.39 is 6.43 Å². The van der Waals surface area contributed by atoms with Gasteiger partial charge in [0, 0.05) is 11.5 Å². The van der Waals surface area contributed by atoms with Crippen LogP contribution in [0.15, 0.2) is 24.3 Å². The number of nitrogens with one attached hydrogen (secondary N) is 1. The molecule has 0 spiro atoms. The fourth-order valence-corrected chi connectivity index (χ4v) is 3.87. The second-order valence-corrected chi connectivity index (χ2v) is 7.14. The summed E-state index contributed by atoms with van der Waals surface area (Å²) in [6, 6.07) is 8.31. The maximum absolute atomic E-state index is 12.6. The molecule has 1 aromatic rings. The zero-order valence-corrected chi connectivity index (χ0v) is 13.5. The number of fused-ring (bicyclic) bond motifs is 1. The zero-order chi connectivity index (χ0) is 16.4. The summed E-state index contributed by atoms with van der Waals surface area (Å²) in [5, 5.41) is 3.22. The summed E-state index contributed by atoms with van der Waals surface area (Å²) >= 11 is 0. The van der Waals surface area contributed by atoms with Crippen molar-refractivity contribution in [1.29, 1.82) is 0 Å². The van der Waals surface area contributed by atoms with Crippen LogP contribution in [0, 0.1) is 5.92 Å². The van der Waals surface area contributed by atoms with E-state index in [0.29, 0.717) is 25.9 Å². The quantitative estimate of drug-likeness (QED) is 0.924. The molecule has 1 aliphatic heterocycles. The minimum Gasteiger partial charge on any atom is -0.350 e. The molecule has 1 heterocycles. The third kappa shape index (κ3) is 3.89. The number of halogens is 2. The van der Waals surface area contributed by atoms with Gasteiger partial charge in [0.15, 0.2) is 0 Å². The van der Waals surface area contributed by atoms with Crippen molar-refractivity contribution in [2.75, 3.05) is 19.6 Å². The molecule has 1 amide bonds. The van der Waals surface area contributed by atoms with Crippen LogP contribution in [0.2, 0.25) is 0 Å². The lowest BCUT2D eigenvalue weighted by atomic mass is 9.92. The lowest BCUT2D eigenvalue weighted by Gasteiger charge is -2.33. The van der Waals surface area contributed by atoms with Crippen molar-refractivity contribution in [2.24, 2.45) is 5.92 Å². The number of amides is 1. The molecule has 1 fully saturated rings. The molecule has 0 atom stereocenters. The van der Waals surface area contributed by atoms with Crippen LogP contribution in [0.1, 0.15) is 30.9 Å². The third-order valence-electron chi connectivity index (χ3n) is 5.06. The smallest absolute Gasteiger partial charge is 0.251 e. The average Bonchev–Trinajstić information content (AvgIpc) is 2.82. The molecular weight excluding hydrogens is 298 g/mol. The van der Waals surface area contributed by atoms with E-state index in [0.717, 1.165) is 12.8 Å².